The third-order valence-electron chi connectivity index (χ3n) is 2.44. The quantitative estimate of drug-likeness (QED) is 0.760. The topological polar surface area (TPSA) is 56.7 Å². The van der Waals surface area contributed by atoms with Gasteiger partial charge in [-0.05, 0) is 18.8 Å². The standard InChI is InChI=1S/C9H16N4/c1-6(2)9-8(5-10)11-12-13(9)7-3-4-7/h6-7H,3-5,10H2,1-2H3. The van der Waals surface area contributed by atoms with Crippen LogP contribution in [0.3, 0.4) is 0 Å². The Morgan fingerprint density at radius 3 is 2.69 bits per heavy atom. The van der Waals surface area contributed by atoms with Crippen molar-refractivity contribution in [3.05, 3.63) is 11.4 Å². The lowest BCUT2D eigenvalue weighted by atomic mass is 10.1. The van der Waals surface area contributed by atoms with Gasteiger partial charge in [0.1, 0.15) is 0 Å². The van der Waals surface area contributed by atoms with Crippen molar-refractivity contribution < 1.29 is 0 Å². The molecule has 1 aliphatic rings. The van der Waals surface area contributed by atoms with Gasteiger partial charge < -0.3 is 5.73 Å². The van der Waals surface area contributed by atoms with E-state index in [-0.39, 0.29) is 0 Å². The van der Waals surface area contributed by atoms with E-state index in [4.69, 9.17) is 5.73 Å². The summed E-state index contributed by atoms with van der Waals surface area (Å²) >= 11 is 0. The van der Waals surface area contributed by atoms with Gasteiger partial charge in [0.05, 0.1) is 17.4 Å². The fourth-order valence-corrected chi connectivity index (χ4v) is 1.67. The molecule has 0 atom stereocenters. The molecule has 4 heteroatoms. The van der Waals surface area contributed by atoms with Gasteiger partial charge in [0.15, 0.2) is 0 Å². The molecular weight excluding hydrogens is 164 g/mol. The highest BCUT2D eigenvalue weighted by atomic mass is 15.5. The summed E-state index contributed by atoms with van der Waals surface area (Å²) in [4.78, 5) is 0. The van der Waals surface area contributed by atoms with Crippen molar-refractivity contribution in [2.24, 2.45) is 5.73 Å². The Kier molecular flexibility index (Phi) is 2.07. The third kappa shape index (κ3) is 1.46. The van der Waals surface area contributed by atoms with Crippen molar-refractivity contribution in [2.45, 2.75) is 45.2 Å². The van der Waals surface area contributed by atoms with Gasteiger partial charge in [-0.1, -0.05) is 19.1 Å². The fraction of sp³-hybridized carbons (Fsp3) is 0.778. The Morgan fingerprint density at radius 1 is 1.54 bits per heavy atom. The van der Waals surface area contributed by atoms with E-state index in [9.17, 15) is 0 Å². The van der Waals surface area contributed by atoms with Crippen molar-refractivity contribution in [3.8, 4) is 0 Å². The van der Waals surface area contributed by atoms with Gasteiger partial charge in [0.25, 0.3) is 0 Å². The van der Waals surface area contributed by atoms with Crippen molar-refractivity contribution >= 4 is 0 Å². The molecule has 1 heterocycles. The normalized spacial score (nSPS) is 16.9. The molecule has 72 valence electrons. The number of aromatic nitrogens is 3. The molecule has 4 nitrogen and oxygen atoms in total. The summed E-state index contributed by atoms with van der Waals surface area (Å²) in [6.45, 7) is 4.83. The minimum Gasteiger partial charge on any atom is -0.325 e. The minimum absolute atomic E-state index is 0.467. The average molecular weight is 180 g/mol. The van der Waals surface area contributed by atoms with Gasteiger partial charge in [-0.25, -0.2) is 4.68 Å². The van der Waals surface area contributed by atoms with Gasteiger partial charge in [-0.3, -0.25) is 0 Å². The Bertz CT molecular complexity index is 299. The summed E-state index contributed by atoms with van der Waals surface area (Å²) in [5.74, 6) is 0.467. The Labute approximate surface area is 78.1 Å². The van der Waals surface area contributed by atoms with E-state index in [1.54, 1.807) is 0 Å². The zero-order valence-corrected chi connectivity index (χ0v) is 8.20. The molecule has 1 fully saturated rings. The minimum atomic E-state index is 0.467. The van der Waals surface area contributed by atoms with Crippen LogP contribution in [-0.2, 0) is 6.54 Å². The van der Waals surface area contributed by atoms with Gasteiger partial charge in [0, 0.05) is 6.54 Å². The maximum Gasteiger partial charge on any atom is 0.0997 e. The zero-order chi connectivity index (χ0) is 9.42. The highest BCUT2D eigenvalue weighted by Gasteiger charge is 2.29. The van der Waals surface area contributed by atoms with E-state index in [0.717, 1.165) is 5.69 Å². The van der Waals surface area contributed by atoms with Crippen molar-refractivity contribution in [2.75, 3.05) is 0 Å². The summed E-state index contributed by atoms with van der Waals surface area (Å²) in [6, 6.07) is 0.602. The summed E-state index contributed by atoms with van der Waals surface area (Å²) in [7, 11) is 0. The molecule has 13 heavy (non-hydrogen) atoms. The van der Waals surface area contributed by atoms with Crippen LogP contribution in [0.15, 0.2) is 0 Å². The van der Waals surface area contributed by atoms with Gasteiger partial charge >= 0.3 is 0 Å². The second-order valence-electron chi connectivity index (χ2n) is 3.96. The fourth-order valence-electron chi connectivity index (χ4n) is 1.67. The van der Waals surface area contributed by atoms with Crippen LogP contribution < -0.4 is 5.73 Å². The zero-order valence-electron chi connectivity index (χ0n) is 8.20. The molecular formula is C9H16N4. The number of nitrogens with zero attached hydrogens (tertiary/aromatic N) is 3. The van der Waals surface area contributed by atoms with Crippen molar-refractivity contribution in [3.63, 3.8) is 0 Å². The summed E-state index contributed by atoms with van der Waals surface area (Å²) in [5, 5.41) is 8.26. The molecule has 2 N–H and O–H groups in total. The predicted molar refractivity (Wildman–Crippen MR) is 50.3 cm³/mol. The van der Waals surface area contributed by atoms with Crippen LogP contribution in [0.1, 0.15) is 50.0 Å². The van der Waals surface area contributed by atoms with Crippen molar-refractivity contribution in [1.82, 2.24) is 15.0 Å². The molecule has 0 radical (unpaired) electrons. The van der Waals surface area contributed by atoms with E-state index in [2.05, 4.69) is 28.8 Å². The molecule has 0 spiro atoms. The monoisotopic (exact) mass is 180 g/mol. The second kappa shape index (κ2) is 3.10. The Hall–Kier alpha value is -0.900. The molecule has 1 aliphatic carbocycles. The summed E-state index contributed by atoms with van der Waals surface area (Å²) in [6.07, 6.45) is 2.49. The second-order valence-corrected chi connectivity index (χ2v) is 3.96. The van der Waals surface area contributed by atoms with Crippen LogP contribution in [-0.4, -0.2) is 15.0 Å². The molecule has 0 bridgehead atoms. The first-order valence-electron chi connectivity index (χ1n) is 4.88. The lowest BCUT2D eigenvalue weighted by Gasteiger charge is -2.08. The van der Waals surface area contributed by atoms with Gasteiger partial charge in [0.2, 0.25) is 0 Å². The van der Waals surface area contributed by atoms with Gasteiger partial charge in [-0.2, -0.15) is 0 Å². The number of hydrogen-bond donors (Lipinski definition) is 1. The van der Waals surface area contributed by atoms with Crippen LogP contribution in [0.4, 0.5) is 0 Å². The van der Waals surface area contributed by atoms with Crippen molar-refractivity contribution in [1.29, 1.82) is 0 Å². The van der Waals surface area contributed by atoms with E-state index in [0.29, 0.717) is 18.5 Å². The lowest BCUT2D eigenvalue weighted by molar-refractivity contribution is 0.565. The van der Waals surface area contributed by atoms with Crippen LogP contribution in [0, 0.1) is 0 Å². The number of hydrogen-bond acceptors (Lipinski definition) is 3. The van der Waals surface area contributed by atoms with Crippen LogP contribution in [0.2, 0.25) is 0 Å². The molecule has 1 aromatic heterocycles. The highest BCUT2D eigenvalue weighted by Crippen LogP contribution is 2.37. The molecule has 0 aromatic carbocycles. The van der Waals surface area contributed by atoms with E-state index < -0.39 is 0 Å². The van der Waals surface area contributed by atoms with Crippen LogP contribution >= 0.6 is 0 Å². The maximum atomic E-state index is 5.61. The first-order valence-corrected chi connectivity index (χ1v) is 4.88. The molecule has 1 aromatic rings. The highest BCUT2D eigenvalue weighted by molar-refractivity contribution is 5.15. The molecule has 0 amide bonds. The number of rotatable bonds is 3. The van der Waals surface area contributed by atoms with E-state index in [1.165, 1.54) is 18.5 Å². The first kappa shape index (κ1) is 8.69. The maximum absolute atomic E-state index is 5.61. The van der Waals surface area contributed by atoms with E-state index >= 15 is 0 Å². The number of nitrogens with two attached hydrogens (primary N) is 1. The lowest BCUT2D eigenvalue weighted by Crippen LogP contribution is -2.07. The average Bonchev–Trinajstić information content (AvgIpc) is 2.84. The SMILES string of the molecule is CC(C)c1c(CN)nnn1C1CC1. The summed E-state index contributed by atoms with van der Waals surface area (Å²) in [5.41, 5.74) is 7.79. The molecule has 2 rings (SSSR count). The molecule has 1 saturated carbocycles. The Morgan fingerprint density at radius 2 is 2.23 bits per heavy atom. The van der Waals surface area contributed by atoms with E-state index in [1.807, 2.05) is 0 Å². The van der Waals surface area contributed by atoms with Crippen LogP contribution in [0.5, 0.6) is 0 Å². The predicted octanol–water partition coefficient (Wildman–Crippen LogP) is 1.20. The van der Waals surface area contributed by atoms with Gasteiger partial charge in [-0.15, -0.1) is 5.10 Å². The smallest absolute Gasteiger partial charge is 0.0997 e. The largest absolute Gasteiger partial charge is 0.325 e. The molecule has 0 saturated heterocycles. The molecule has 0 unspecified atom stereocenters. The third-order valence-corrected chi connectivity index (χ3v) is 2.44. The molecule has 0 aliphatic heterocycles. The Balaban J connectivity index is 2.38. The first-order chi connectivity index (χ1) is 6.24. The summed E-state index contributed by atoms with van der Waals surface area (Å²) < 4.78 is 2.06. The van der Waals surface area contributed by atoms with Crippen LogP contribution in [0.25, 0.3) is 0 Å².